The second kappa shape index (κ2) is 5.84. The van der Waals surface area contributed by atoms with E-state index in [0.29, 0.717) is 0 Å². The van der Waals surface area contributed by atoms with Crippen molar-refractivity contribution in [3.05, 3.63) is 4.91 Å². The molecule has 0 radical (unpaired) electrons. The van der Waals surface area contributed by atoms with Crippen LogP contribution < -0.4 is 5.59 Å². The van der Waals surface area contributed by atoms with E-state index < -0.39 is 0 Å². The van der Waals surface area contributed by atoms with Gasteiger partial charge in [0.05, 0.1) is 5.29 Å². The molecule has 4 nitrogen and oxygen atoms in total. The molecule has 0 rings (SSSR count). The van der Waals surface area contributed by atoms with Gasteiger partial charge in [0.2, 0.25) is 0 Å². The molecule has 5 heteroatoms. The summed E-state index contributed by atoms with van der Waals surface area (Å²) in [6.45, 7) is 3.85. The lowest BCUT2D eigenvalue weighted by Gasteiger charge is -2.06. The van der Waals surface area contributed by atoms with Crippen LogP contribution in [0.5, 0.6) is 0 Å². The molecule has 0 heterocycles. The van der Waals surface area contributed by atoms with Crippen LogP contribution in [0, 0.1) is 4.91 Å². The van der Waals surface area contributed by atoms with Crippen LogP contribution in [-0.4, -0.2) is 11.2 Å². The molecule has 0 amide bonds. The minimum atomic E-state index is -0.0206. The summed E-state index contributed by atoms with van der Waals surface area (Å²) in [6.07, 6.45) is 0. The van der Waals surface area contributed by atoms with Gasteiger partial charge < -0.3 is 0 Å². The summed E-state index contributed by atoms with van der Waals surface area (Å²) in [5, 5.41) is 2.32. The molecule has 1 unspecified atom stereocenters. The maximum absolute atomic E-state index is 9.42. The van der Waals surface area contributed by atoms with Crippen molar-refractivity contribution >= 4 is 11.8 Å². The van der Waals surface area contributed by atoms with Crippen molar-refractivity contribution in [1.29, 1.82) is 0 Å². The molecule has 0 aromatic heterocycles. The van der Waals surface area contributed by atoms with Gasteiger partial charge in [-0.15, -0.1) is 22.3 Å². The largest absolute Gasteiger partial charge is 0.243 e. The fourth-order valence-electron chi connectivity index (χ4n) is 0.364. The molecular weight excluding hydrogens is 140 g/mol. The number of nitrogens with one attached hydrogen (secondary N) is 1. The van der Waals surface area contributed by atoms with Gasteiger partial charge in [-0.05, 0) is 12.7 Å². The Kier molecular flexibility index (Phi) is 5.65. The molecule has 0 aliphatic heterocycles. The van der Waals surface area contributed by atoms with Crippen molar-refractivity contribution in [2.75, 3.05) is 5.75 Å². The molecule has 0 bridgehead atoms. The predicted molar refractivity (Wildman–Crippen MR) is 37.6 cm³/mol. The van der Waals surface area contributed by atoms with Crippen LogP contribution in [0.4, 0.5) is 0 Å². The molecule has 0 aliphatic carbocycles. The van der Waals surface area contributed by atoms with Gasteiger partial charge in [-0.2, -0.15) is 0 Å². The van der Waals surface area contributed by atoms with Crippen LogP contribution in [0.25, 0.3) is 0 Å². The normalized spacial score (nSPS) is 12.7. The van der Waals surface area contributed by atoms with Crippen LogP contribution in [-0.2, 0) is 4.84 Å². The van der Waals surface area contributed by atoms with E-state index in [4.69, 9.17) is 0 Å². The van der Waals surface area contributed by atoms with Gasteiger partial charge in [-0.3, -0.25) is 0 Å². The highest BCUT2D eigenvalue weighted by atomic mass is 32.2. The highest BCUT2D eigenvalue weighted by Gasteiger charge is 1.98. The number of rotatable bonds is 5. The van der Waals surface area contributed by atoms with Crippen molar-refractivity contribution in [3.63, 3.8) is 0 Å². The molecule has 0 aromatic carbocycles. The summed E-state index contributed by atoms with van der Waals surface area (Å²) in [6, 6.07) is 0. The second-order valence-corrected chi connectivity index (χ2v) is 2.90. The van der Waals surface area contributed by atoms with Gasteiger partial charge >= 0.3 is 0 Å². The molecule has 0 spiro atoms. The molecule has 0 fully saturated rings. The summed E-state index contributed by atoms with van der Waals surface area (Å²) in [7, 11) is 0. The van der Waals surface area contributed by atoms with E-state index in [2.05, 4.69) is 10.1 Å². The Morgan fingerprint density at radius 2 is 2.56 bits per heavy atom. The molecule has 54 valence electrons. The fraction of sp³-hybridized carbons (Fsp3) is 1.00. The predicted octanol–water partition coefficient (Wildman–Crippen LogP) is 1.29. The number of thioether (sulfide) groups is 1. The zero-order chi connectivity index (χ0) is 7.11. The number of hydrogen-bond donors (Lipinski definition) is 1. The first-order valence-corrected chi connectivity index (χ1v) is 3.70. The monoisotopic (exact) mass is 150 g/mol. The molecule has 9 heavy (non-hydrogen) atoms. The SMILES string of the molecule is CCSC(C)ONN=O. The van der Waals surface area contributed by atoms with E-state index in [1.165, 1.54) is 0 Å². The highest BCUT2D eigenvalue weighted by Crippen LogP contribution is 2.08. The minimum absolute atomic E-state index is 0.0206. The topological polar surface area (TPSA) is 50.7 Å². The molecule has 1 atom stereocenters. The summed E-state index contributed by atoms with van der Waals surface area (Å²) in [5.41, 5.74) is 1.86. The lowest BCUT2D eigenvalue weighted by atomic mass is 10.9. The average Bonchev–Trinajstić information content (AvgIpc) is 1.85. The van der Waals surface area contributed by atoms with Crippen LogP contribution in [0.1, 0.15) is 13.8 Å². The molecule has 0 aromatic rings. The van der Waals surface area contributed by atoms with E-state index in [1.54, 1.807) is 11.8 Å². The second-order valence-electron chi connectivity index (χ2n) is 1.32. The third kappa shape index (κ3) is 5.58. The quantitative estimate of drug-likeness (QED) is 0.364. The highest BCUT2D eigenvalue weighted by molar-refractivity contribution is 7.99. The Morgan fingerprint density at radius 1 is 1.89 bits per heavy atom. The van der Waals surface area contributed by atoms with Crippen LogP contribution >= 0.6 is 11.8 Å². The molecule has 0 saturated heterocycles. The standard InChI is InChI=1S/C4H10N2O2S/c1-3-9-4(2)8-6-5-7/h4H,3H2,1-2H3,(H,6,7). The number of hydrogen-bond acceptors (Lipinski definition) is 4. The first kappa shape index (κ1) is 8.71. The summed E-state index contributed by atoms with van der Waals surface area (Å²) < 4.78 is 0. The van der Waals surface area contributed by atoms with Gasteiger partial charge in [0.15, 0.2) is 0 Å². The van der Waals surface area contributed by atoms with E-state index in [0.717, 1.165) is 5.75 Å². The van der Waals surface area contributed by atoms with Gasteiger partial charge in [0, 0.05) is 0 Å². The van der Waals surface area contributed by atoms with Crippen molar-refractivity contribution in [3.8, 4) is 0 Å². The fourth-order valence-corrected chi connectivity index (χ4v) is 0.945. The third-order valence-corrected chi connectivity index (χ3v) is 1.56. The van der Waals surface area contributed by atoms with Crippen LogP contribution in [0.2, 0.25) is 0 Å². The Hall–Kier alpha value is -0.290. The van der Waals surface area contributed by atoms with Crippen molar-refractivity contribution in [1.82, 2.24) is 5.59 Å². The van der Waals surface area contributed by atoms with Gasteiger partial charge in [-0.25, -0.2) is 4.84 Å². The Morgan fingerprint density at radius 3 is 3.00 bits per heavy atom. The summed E-state index contributed by atoms with van der Waals surface area (Å²) >= 11 is 1.59. The average molecular weight is 150 g/mol. The number of nitroso groups, excluding NO2 is 1. The van der Waals surface area contributed by atoms with Gasteiger partial charge in [-0.1, -0.05) is 6.92 Å². The molecule has 1 N–H and O–H groups in total. The van der Waals surface area contributed by atoms with Crippen LogP contribution in [0.3, 0.4) is 0 Å². The first-order valence-electron chi connectivity index (χ1n) is 2.65. The first-order chi connectivity index (χ1) is 4.31. The Labute approximate surface area is 58.2 Å². The van der Waals surface area contributed by atoms with Gasteiger partial charge in [0.25, 0.3) is 0 Å². The maximum atomic E-state index is 9.42. The molecule has 0 saturated carbocycles. The summed E-state index contributed by atoms with van der Waals surface area (Å²) in [4.78, 5) is 14.1. The van der Waals surface area contributed by atoms with E-state index in [1.807, 2.05) is 19.4 Å². The van der Waals surface area contributed by atoms with E-state index in [9.17, 15) is 4.91 Å². The molecular formula is C4H10N2O2S. The van der Waals surface area contributed by atoms with Crippen molar-refractivity contribution < 1.29 is 4.84 Å². The van der Waals surface area contributed by atoms with Crippen molar-refractivity contribution in [2.45, 2.75) is 19.3 Å². The van der Waals surface area contributed by atoms with Gasteiger partial charge in [0.1, 0.15) is 5.44 Å². The smallest absolute Gasteiger partial charge is 0.130 e. The zero-order valence-electron chi connectivity index (χ0n) is 5.46. The Balaban J connectivity index is 3.04. The summed E-state index contributed by atoms with van der Waals surface area (Å²) in [5.74, 6) is 0.960. The Bertz CT molecular complexity index is 81.0. The van der Waals surface area contributed by atoms with Crippen LogP contribution in [0.15, 0.2) is 5.29 Å². The lowest BCUT2D eigenvalue weighted by Crippen LogP contribution is -2.13. The molecule has 0 aliphatic rings. The van der Waals surface area contributed by atoms with Crippen molar-refractivity contribution in [2.24, 2.45) is 5.29 Å². The van der Waals surface area contributed by atoms with E-state index >= 15 is 0 Å². The van der Waals surface area contributed by atoms with E-state index in [-0.39, 0.29) is 5.44 Å². The minimum Gasteiger partial charge on any atom is -0.243 e. The maximum Gasteiger partial charge on any atom is 0.130 e. The lowest BCUT2D eigenvalue weighted by molar-refractivity contribution is 0.0321. The number of nitrogens with zero attached hydrogens (tertiary/aromatic N) is 1. The third-order valence-electron chi connectivity index (χ3n) is 0.657. The zero-order valence-corrected chi connectivity index (χ0v) is 6.27.